The van der Waals surface area contributed by atoms with Crippen molar-refractivity contribution in [2.45, 2.75) is 52.5 Å². The fourth-order valence-corrected chi connectivity index (χ4v) is 3.15. The van der Waals surface area contributed by atoms with Crippen molar-refractivity contribution in [3.63, 3.8) is 0 Å². The molecule has 2 rings (SSSR count). The van der Waals surface area contributed by atoms with E-state index in [4.69, 9.17) is 4.52 Å². The minimum absolute atomic E-state index is 0.0708. The molecule has 1 aromatic rings. The van der Waals surface area contributed by atoms with Crippen LogP contribution in [0.5, 0.6) is 0 Å². The molecule has 0 radical (unpaired) electrons. The Balaban J connectivity index is 1.90. The second-order valence-electron chi connectivity index (χ2n) is 6.95. The van der Waals surface area contributed by atoms with Crippen molar-refractivity contribution in [2.75, 3.05) is 6.54 Å². The summed E-state index contributed by atoms with van der Waals surface area (Å²) in [6, 6.07) is 0. The van der Waals surface area contributed by atoms with Gasteiger partial charge in [0.05, 0.1) is 6.54 Å². The van der Waals surface area contributed by atoms with Crippen LogP contribution in [0, 0.1) is 17.8 Å². The van der Waals surface area contributed by atoms with Crippen LogP contribution in [0.4, 0.5) is 0 Å². The van der Waals surface area contributed by atoms with E-state index in [1.54, 1.807) is 6.08 Å². The fourth-order valence-electron chi connectivity index (χ4n) is 3.15. The number of nitrogens with zero attached hydrogens (tertiary/aromatic N) is 2. The highest BCUT2D eigenvalue weighted by Gasteiger charge is 2.35. The number of hydrogen-bond acceptors (Lipinski definition) is 5. The van der Waals surface area contributed by atoms with Crippen LogP contribution in [-0.4, -0.2) is 28.5 Å². The molecule has 7 heteroatoms. The molecule has 25 heavy (non-hydrogen) atoms. The van der Waals surface area contributed by atoms with Crippen molar-refractivity contribution in [1.29, 1.82) is 0 Å². The topological polar surface area (TPSA) is 97.1 Å². The Morgan fingerprint density at radius 3 is 2.48 bits per heavy atom. The highest BCUT2D eigenvalue weighted by molar-refractivity contribution is 5.87. The van der Waals surface area contributed by atoms with Crippen LogP contribution >= 0.6 is 0 Å². The first-order valence-corrected chi connectivity index (χ1v) is 8.99. The average molecular weight is 348 g/mol. The van der Waals surface area contributed by atoms with Gasteiger partial charge in [0, 0.05) is 24.8 Å². The fraction of sp³-hybridized carbons (Fsp3) is 0.667. The van der Waals surface area contributed by atoms with Gasteiger partial charge in [-0.2, -0.15) is 4.98 Å². The molecule has 1 aliphatic carbocycles. The normalized spacial score (nSPS) is 20.3. The van der Waals surface area contributed by atoms with Gasteiger partial charge in [-0.05, 0) is 18.8 Å². The van der Waals surface area contributed by atoms with E-state index < -0.39 is 0 Å². The van der Waals surface area contributed by atoms with Gasteiger partial charge in [0.25, 0.3) is 0 Å². The van der Waals surface area contributed by atoms with Crippen molar-refractivity contribution < 1.29 is 14.1 Å². The van der Waals surface area contributed by atoms with Gasteiger partial charge in [-0.25, -0.2) is 0 Å². The summed E-state index contributed by atoms with van der Waals surface area (Å²) in [4.78, 5) is 29.1. The Bertz CT molecular complexity index is 597. The standard InChI is InChI=1S/C18H28N4O3/c1-4-9-19-17(23)13-7-5-6-8-14(13)18(24)20-11-15-21-16(25-22-15)10-12(2)3/h4,12-14H,1,5-11H2,2-3H3,(H,19,23)(H,20,24)/t13-,14+/m0/s1. The summed E-state index contributed by atoms with van der Waals surface area (Å²) in [6.45, 7) is 8.39. The molecule has 1 fully saturated rings. The molecule has 1 aliphatic rings. The molecule has 138 valence electrons. The van der Waals surface area contributed by atoms with E-state index in [1.165, 1.54) is 0 Å². The second-order valence-corrected chi connectivity index (χ2v) is 6.95. The zero-order valence-electron chi connectivity index (χ0n) is 15.1. The van der Waals surface area contributed by atoms with Crippen LogP contribution in [0.3, 0.4) is 0 Å². The van der Waals surface area contributed by atoms with Crippen LogP contribution in [0.2, 0.25) is 0 Å². The highest BCUT2D eigenvalue weighted by atomic mass is 16.5. The van der Waals surface area contributed by atoms with Gasteiger partial charge >= 0.3 is 0 Å². The Hall–Kier alpha value is -2.18. The number of hydrogen-bond donors (Lipinski definition) is 2. The summed E-state index contributed by atoms with van der Waals surface area (Å²) in [7, 11) is 0. The van der Waals surface area contributed by atoms with Crippen LogP contribution in [0.1, 0.15) is 51.2 Å². The third kappa shape index (κ3) is 5.69. The number of rotatable bonds is 8. The third-order valence-electron chi connectivity index (χ3n) is 4.37. The maximum atomic E-state index is 12.5. The van der Waals surface area contributed by atoms with Gasteiger partial charge in [-0.3, -0.25) is 9.59 Å². The minimum Gasteiger partial charge on any atom is -0.352 e. The molecule has 2 amide bonds. The van der Waals surface area contributed by atoms with Crippen molar-refractivity contribution in [2.24, 2.45) is 17.8 Å². The summed E-state index contributed by atoms with van der Waals surface area (Å²) in [5.74, 6) is 0.703. The first-order valence-electron chi connectivity index (χ1n) is 8.99. The predicted octanol–water partition coefficient (Wildman–Crippen LogP) is 1.99. The summed E-state index contributed by atoms with van der Waals surface area (Å²) in [6.07, 6.45) is 5.75. The Morgan fingerprint density at radius 1 is 1.24 bits per heavy atom. The van der Waals surface area contributed by atoms with Crippen LogP contribution in [0.15, 0.2) is 17.2 Å². The molecular formula is C18H28N4O3. The van der Waals surface area contributed by atoms with E-state index in [-0.39, 0.29) is 30.2 Å². The molecule has 1 aromatic heterocycles. The van der Waals surface area contributed by atoms with Gasteiger partial charge in [0.15, 0.2) is 5.82 Å². The molecule has 0 spiro atoms. The van der Waals surface area contributed by atoms with Crippen LogP contribution in [-0.2, 0) is 22.6 Å². The second kappa shape index (κ2) is 9.34. The predicted molar refractivity (Wildman–Crippen MR) is 93.3 cm³/mol. The van der Waals surface area contributed by atoms with E-state index in [0.717, 1.165) is 32.1 Å². The van der Waals surface area contributed by atoms with Gasteiger partial charge < -0.3 is 15.2 Å². The van der Waals surface area contributed by atoms with Gasteiger partial charge in [-0.1, -0.05) is 37.9 Å². The third-order valence-corrected chi connectivity index (χ3v) is 4.37. The van der Waals surface area contributed by atoms with E-state index in [2.05, 4.69) is 41.2 Å². The maximum absolute atomic E-state index is 12.5. The molecule has 0 bridgehead atoms. The van der Waals surface area contributed by atoms with Gasteiger partial charge in [-0.15, -0.1) is 6.58 Å². The Morgan fingerprint density at radius 2 is 1.88 bits per heavy atom. The minimum atomic E-state index is -0.305. The molecule has 0 saturated heterocycles. The smallest absolute Gasteiger partial charge is 0.226 e. The summed E-state index contributed by atoms with van der Waals surface area (Å²) in [5, 5.41) is 9.55. The zero-order valence-corrected chi connectivity index (χ0v) is 15.1. The lowest BCUT2D eigenvalue weighted by atomic mass is 9.78. The molecule has 2 N–H and O–H groups in total. The van der Waals surface area contributed by atoms with E-state index >= 15 is 0 Å². The number of amides is 2. The van der Waals surface area contributed by atoms with E-state index in [1.807, 2.05) is 0 Å². The molecule has 0 aliphatic heterocycles. The van der Waals surface area contributed by atoms with Gasteiger partial charge in [0.1, 0.15) is 0 Å². The van der Waals surface area contributed by atoms with E-state index in [9.17, 15) is 9.59 Å². The first-order chi connectivity index (χ1) is 12.0. The molecular weight excluding hydrogens is 320 g/mol. The Labute approximate surface area is 148 Å². The largest absolute Gasteiger partial charge is 0.352 e. The number of carbonyl (C=O) groups is 2. The van der Waals surface area contributed by atoms with Crippen LogP contribution in [0.25, 0.3) is 0 Å². The zero-order chi connectivity index (χ0) is 18.2. The number of nitrogens with one attached hydrogen (secondary N) is 2. The van der Waals surface area contributed by atoms with E-state index in [0.29, 0.717) is 24.2 Å². The highest BCUT2D eigenvalue weighted by Crippen LogP contribution is 2.30. The molecule has 7 nitrogen and oxygen atoms in total. The SMILES string of the molecule is C=CCNC(=O)[C@H]1CCCC[C@H]1C(=O)NCc1noc(CC(C)C)n1. The van der Waals surface area contributed by atoms with Gasteiger partial charge in [0.2, 0.25) is 17.7 Å². The molecule has 2 atom stereocenters. The van der Waals surface area contributed by atoms with Crippen molar-refractivity contribution in [3.05, 3.63) is 24.4 Å². The van der Waals surface area contributed by atoms with Crippen molar-refractivity contribution >= 4 is 11.8 Å². The summed E-state index contributed by atoms with van der Waals surface area (Å²) < 4.78 is 5.17. The van der Waals surface area contributed by atoms with Crippen molar-refractivity contribution in [3.8, 4) is 0 Å². The Kier molecular flexibility index (Phi) is 7.16. The summed E-state index contributed by atoms with van der Waals surface area (Å²) in [5.41, 5.74) is 0. The average Bonchev–Trinajstić information content (AvgIpc) is 3.04. The molecule has 1 heterocycles. The van der Waals surface area contributed by atoms with Crippen molar-refractivity contribution in [1.82, 2.24) is 20.8 Å². The quantitative estimate of drug-likeness (QED) is 0.700. The lowest BCUT2D eigenvalue weighted by molar-refractivity contribution is -0.136. The molecule has 0 unspecified atom stereocenters. The first kappa shape index (κ1) is 19.1. The van der Waals surface area contributed by atoms with Crippen LogP contribution < -0.4 is 10.6 Å². The molecule has 0 aromatic carbocycles. The summed E-state index contributed by atoms with van der Waals surface area (Å²) >= 11 is 0. The lowest BCUT2D eigenvalue weighted by Crippen LogP contribution is -2.43. The molecule has 1 saturated carbocycles. The monoisotopic (exact) mass is 348 g/mol. The lowest BCUT2D eigenvalue weighted by Gasteiger charge is -2.29. The number of aromatic nitrogens is 2. The maximum Gasteiger partial charge on any atom is 0.226 e. The number of carbonyl (C=O) groups excluding carboxylic acids is 2.